The predicted molar refractivity (Wildman–Crippen MR) is 82.4 cm³/mol. The van der Waals surface area contributed by atoms with E-state index in [-0.39, 0.29) is 11.4 Å². The van der Waals surface area contributed by atoms with Gasteiger partial charge in [-0.1, -0.05) is 13.8 Å². The molecule has 0 fully saturated rings. The highest BCUT2D eigenvalue weighted by atomic mass is 32.2. The van der Waals surface area contributed by atoms with Gasteiger partial charge >= 0.3 is 0 Å². The number of sulfonamides is 1. The Morgan fingerprint density at radius 1 is 1.33 bits per heavy atom. The van der Waals surface area contributed by atoms with E-state index < -0.39 is 10.0 Å². The van der Waals surface area contributed by atoms with Gasteiger partial charge in [0.15, 0.2) is 0 Å². The summed E-state index contributed by atoms with van der Waals surface area (Å²) in [4.78, 5) is 1.28. The van der Waals surface area contributed by atoms with Crippen molar-refractivity contribution in [3.8, 4) is 0 Å². The van der Waals surface area contributed by atoms with Crippen LogP contribution in [0.25, 0.3) is 0 Å². The smallest absolute Gasteiger partial charge is 0.241 e. The van der Waals surface area contributed by atoms with Crippen LogP contribution in [0.2, 0.25) is 0 Å². The van der Waals surface area contributed by atoms with E-state index in [9.17, 15) is 8.42 Å². The lowest BCUT2D eigenvalue weighted by Gasteiger charge is -2.05. The first-order chi connectivity index (χ1) is 9.97. The maximum atomic E-state index is 12.2. The van der Waals surface area contributed by atoms with Gasteiger partial charge in [-0.05, 0) is 18.2 Å². The van der Waals surface area contributed by atoms with Crippen LogP contribution in [0.1, 0.15) is 24.4 Å². The molecule has 0 aliphatic carbocycles. The second-order valence-electron chi connectivity index (χ2n) is 4.82. The fourth-order valence-corrected chi connectivity index (χ4v) is 3.80. The summed E-state index contributed by atoms with van der Waals surface area (Å²) in [5, 5.41) is 12.5. The van der Waals surface area contributed by atoms with Crippen molar-refractivity contribution < 1.29 is 8.42 Å². The molecule has 0 radical (unpaired) electrons. The molecule has 2 aromatic heterocycles. The highest BCUT2D eigenvalue weighted by Crippen LogP contribution is 2.19. The Labute approximate surface area is 128 Å². The summed E-state index contributed by atoms with van der Waals surface area (Å²) in [5.74, 6) is 0. The van der Waals surface area contributed by atoms with Crippen LogP contribution in [-0.2, 0) is 23.1 Å². The van der Waals surface area contributed by atoms with Gasteiger partial charge in [-0.2, -0.15) is 10.2 Å². The van der Waals surface area contributed by atoms with Crippen molar-refractivity contribution in [3.63, 3.8) is 0 Å². The van der Waals surface area contributed by atoms with Gasteiger partial charge in [0.2, 0.25) is 10.0 Å². The van der Waals surface area contributed by atoms with E-state index in [1.54, 1.807) is 29.8 Å². The van der Waals surface area contributed by atoms with Gasteiger partial charge in [0.1, 0.15) is 0 Å². The second kappa shape index (κ2) is 7.08. The molecule has 0 aliphatic rings. The molecule has 114 valence electrons. The highest BCUT2D eigenvalue weighted by molar-refractivity contribution is 7.89. The Morgan fingerprint density at radius 3 is 2.81 bits per heavy atom. The number of hydrogen-bond donors (Lipinski definition) is 2. The third kappa shape index (κ3) is 4.85. The van der Waals surface area contributed by atoms with Gasteiger partial charge < -0.3 is 5.32 Å². The quantitative estimate of drug-likeness (QED) is 0.806. The maximum Gasteiger partial charge on any atom is 0.241 e. The summed E-state index contributed by atoms with van der Waals surface area (Å²) < 4.78 is 26.9. The number of nitrogens with one attached hydrogen (secondary N) is 2. The zero-order valence-electron chi connectivity index (χ0n) is 11.9. The molecule has 0 aliphatic heterocycles. The minimum absolute atomic E-state index is 0.131. The van der Waals surface area contributed by atoms with E-state index in [0.717, 1.165) is 4.88 Å². The van der Waals surface area contributed by atoms with E-state index in [1.165, 1.54) is 11.3 Å². The molecule has 2 N–H and O–H groups in total. The summed E-state index contributed by atoms with van der Waals surface area (Å²) >= 11 is 1.43. The Morgan fingerprint density at radius 2 is 2.14 bits per heavy atom. The predicted octanol–water partition coefficient (Wildman–Crippen LogP) is 1.51. The van der Waals surface area contributed by atoms with Crippen LogP contribution < -0.4 is 10.0 Å². The summed E-state index contributed by atoms with van der Waals surface area (Å²) in [7, 11) is -3.51. The van der Waals surface area contributed by atoms with Crippen LogP contribution in [0.3, 0.4) is 0 Å². The van der Waals surface area contributed by atoms with Crippen molar-refractivity contribution in [2.75, 3.05) is 0 Å². The Balaban J connectivity index is 1.99. The Hall–Kier alpha value is -1.35. The molecule has 0 atom stereocenters. The summed E-state index contributed by atoms with van der Waals surface area (Å²) in [5.41, 5.74) is 0.581. The lowest BCUT2D eigenvalue weighted by atomic mass is 10.4. The van der Waals surface area contributed by atoms with Gasteiger partial charge in [-0.3, -0.25) is 0 Å². The molecule has 0 spiro atoms. The van der Waals surface area contributed by atoms with Crippen LogP contribution in [0.15, 0.2) is 34.7 Å². The fourth-order valence-electron chi connectivity index (χ4n) is 1.58. The normalized spacial score (nSPS) is 12.0. The van der Waals surface area contributed by atoms with Crippen LogP contribution in [0.5, 0.6) is 0 Å². The SMILES string of the molecule is CC(C)NCc1cc(S(=O)(=O)NCc2cccnn2)cs1. The molecule has 0 unspecified atom stereocenters. The molecule has 2 rings (SSSR count). The van der Waals surface area contributed by atoms with Crippen LogP contribution >= 0.6 is 11.3 Å². The van der Waals surface area contributed by atoms with Crippen LogP contribution in [0.4, 0.5) is 0 Å². The third-order valence-corrected chi connectivity index (χ3v) is 5.16. The first-order valence-electron chi connectivity index (χ1n) is 6.54. The standard InChI is InChI=1S/C13H18N4O2S2/c1-10(2)14-8-12-6-13(9-20-12)21(18,19)16-7-11-4-3-5-15-17-11/h3-6,9-10,14,16H,7-8H2,1-2H3. The molecule has 21 heavy (non-hydrogen) atoms. The lowest BCUT2D eigenvalue weighted by molar-refractivity contribution is 0.579. The summed E-state index contributed by atoms with van der Waals surface area (Å²) in [6.45, 7) is 4.90. The van der Waals surface area contributed by atoms with Crippen molar-refractivity contribution in [1.29, 1.82) is 0 Å². The van der Waals surface area contributed by atoms with Crippen LogP contribution in [0, 0.1) is 0 Å². The molecule has 6 nitrogen and oxygen atoms in total. The first-order valence-corrected chi connectivity index (χ1v) is 8.90. The van der Waals surface area contributed by atoms with Gasteiger partial charge in [-0.15, -0.1) is 11.3 Å². The van der Waals surface area contributed by atoms with Gasteiger partial charge in [-0.25, -0.2) is 13.1 Å². The van der Waals surface area contributed by atoms with Crippen molar-refractivity contribution in [2.45, 2.75) is 37.9 Å². The van der Waals surface area contributed by atoms with E-state index >= 15 is 0 Å². The lowest BCUT2D eigenvalue weighted by Crippen LogP contribution is -2.23. The summed E-state index contributed by atoms with van der Waals surface area (Å²) in [6, 6.07) is 5.50. The zero-order valence-corrected chi connectivity index (χ0v) is 13.5. The Kier molecular flexibility index (Phi) is 5.40. The molecule has 2 aromatic rings. The zero-order chi connectivity index (χ0) is 15.3. The maximum absolute atomic E-state index is 12.2. The monoisotopic (exact) mass is 326 g/mol. The molecule has 8 heteroatoms. The van der Waals surface area contributed by atoms with E-state index in [2.05, 4.69) is 20.2 Å². The number of hydrogen-bond acceptors (Lipinski definition) is 6. The van der Waals surface area contributed by atoms with Crippen molar-refractivity contribution in [2.24, 2.45) is 0 Å². The minimum Gasteiger partial charge on any atom is -0.310 e. The third-order valence-electron chi connectivity index (χ3n) is 2.70. The first kappa shape index (κ1) is 16.0. The van der Waals surface area contributed by atoms with Gasteiger partial charge in [0.25, 0.3) is 0 Å². The van der Waals surface area contributed by atoms with E-state index in [0.29, 0.717) is 18.3 Å². The van der Waals surface area contributed by atoms with E-state index in [1.807, 2.05) is 13.8 Å². The highest BCUT2D eigenvalue weighted by Gasteiger charge is 2.16. The molecule has 0 aromatic carbocycles. The van der Waals surface area contributed by atoms with Gasteiger partial charge in [0.05, 0.1) is 17.1 Å². The number of aromatic nitrogens is 2. The molecular formula is C13H18N4O2S2. The molecule has 2 heterocycles. The molecule has 0 bridgehead atoms. The molecule has 0 amide bonds. The second-order valence-corrected chi connectivity index (χ2v) is 7.59. The van der Waals surface area contributed by atoms with Gasteiger partial charge in [0, 0.05) is 29.0 Å². The van der Waals surface area contributed by atoms with Crippen molar-refractivity contribution >= 4 is 21.4 Å². The number of thiophene rings is 1. The minimum atomic E-state index is -3.51. The van der Waals surface area contributed by atoms with E-state index in [4.69, 9.17) is 0 Å². The molecular weight excluding hydrogens is 308 g/mol. The average Bonchev–Trinajstić information content (AvgIpc) is 2.94. The summed E-state index contributed by atoms with van der Waals surface area (Å²) in [6.07, 6.45) is 1.55. The van der Waals surface area contributed by atoms with Crippen molar-refractivity contribution in [1.82, 2.24) is 20.2 Å². The fraction of sp³-hybridized carbons (Fsp3) is 0.385. The Bertz CT molecular complexity index is 668. The average molecular weight is 326 g/mol. The topological polar surface area (TPSA) is 84.0 Å². The van der Waals surface area contributed by atoms with Crippen LogP contribution in [-0.4, -0.2) is 24.7 Å². The molecule has 0 saturated carbocycles. The number of rotatable bonds is 7. The number of nitrogens with zero attached hydrogens (tertiary/aromatic N) is 2. The largest absolute Gasteiger partial charge is 0.310 e. The molecule has 0 saturated heterocycles. The van der Waals surface area contributed by atoms with Crippen molar-refractivity contribution in [3.05, 3.63) is 40.3 Å².